The first-order valence-electron chi connectivity index (χ1n) is 1.34. The summed E-state index contributed by atoms with van der Waals surface area (Å²) < 4.78 is 1.56. The molecule has 1 nitrogen and oxygen atoms in total. The second kappa shape index (κ2) is 2.89. The Morgan fingerprint density at radius 2 is 2.20 bits per heavy atom. The summed E-state index contributed by atoms with van der Waals surface area (Å²) in [6.45, 7) is 0. The van der Waals surface area contributed by atoms with Crippen LogP contribution in [0, 0.1) is 0 Å². The predicted octanol–water partition coefficient (Wildman–Crippen LogP) is 0.905. The number of nitrogens with zero attached hydrogens (tertiary/aromatic N) is 1. The first-order valence-corrected chi connectivity index (χ1v) is 2.50. The molecule has 0 aromatic carbocycles. The highest BCUT2D eigenvalue weighted by Crippen LogP contribution is 1.89. The minimum atomic E-state index is 0.821. The molecular formula is C2H7ClNP. The van der Waals surface area contributed by atoms with Gasteiger partial charge in [-0.2, -0.15) is 0 Å². The lowest BCUT2D eigenvalue weighted by Gasteiger charge is -1.95. The van der Waals surface area contributed by atoms with Gasteiger partial charge in [0.05, 0.1) is 0 Å². The molecule has 32 valence electrons. The lowest BCUT2D eigenvalue weighted by Crippen LogP contribution is -1.97. The fraction of sp³-hybridized carbons (Fsp3) is 1.00. The van der Waals surface area contributed by atoms with Crippen LogP contribution in [0.25, 0.3) is 0 Å². The van der Waals surface area contributed by atoms with Gasteiger partial charge in [0, 0.05) is 13.3 Å². The lowest BCUT2D eigenvalue weighted by atomic mass is 11.2. The molecule has 0 spiro atoms. The van der Waals surface area contributed by atoms with Gasteiger partial charge < -0.3 is 0 Å². The van der Waals surface area contributed by atoms with Crippen molar-refractivity contribution in [3.63, 3.8) is 0 Å². The van der Waals surface area contributed by atoms with Crippen molar-refractivity contribution in [2.75, 3.05) is 13.3 Å². The van der Waals surface area contributed by atoms with E-state index in [1.165, 1.54) is 0 Å². The third-order valence-corrected chi connectivity index (χ3v) is 1.17. The molecule has 5 heavy (non-hydrogen) atoms. The van der Waals surface area contributed by atoms with E-state index >= 15 is 0 Å². The topological polar surface area (TPSA) is 3.24 Å². The maximum Gasteiger partial charge on any atom is 0.0278 e. The summed E-state index contributed by atoms with van der Waals surface area (Å²) in [7, 11) is 4.29. The normalized spacial score (nSPS) is 9.60. The van der Waals surface area contributed by atoms with Crippen molar-refractivity contribution in [2.45, 2.75) is 0 Å². The highest BCUT2D eigenvalue weighted by molar-refractivity contribution is 7.16. The van der Waals surface area contributed by atoms with Gasteiger partial charge in [-0.3, -0.25) is 0 Å². The SMILES string of the molecule is CN(Cl)CP. The zero-order chi connectivity index (χ0) is 4.28. The van der Waals surface area contributed by atoms with E-state index < -0.39 is 0 Å². The molecule has 0 N–H and O–H groups in total. The molecule has 3 heteroatoms. The Kier molecular flexibility index (Phi) is 3.29. The molecule has 0 fully saturated rings. The Morgan fingerprint density at radius 3 is 2.20 bits per heavy atom. The zero-order valence-corrected chi connectivity index (χ0v) is 5.02. The summed E-state index contributed by atoms with van der Waals surface area (Å²) in [5.41, 5.74) is 0. The Bertz CT molecular complexity index is 23.6. The molecule has 0 bridgehead atoms. The standard InChI is InChI=1S/C2H7ClNP/c1-4(3)2-5/h2,5H2,1H3. The maximum absolute atomic E-state index is 5.27. The van der Waals surface area contributed by atoms with Crippen LogP contribution in [-0.2, 0) is 0 Å². The summed E-state index contributed by atoms with van der Waals surface area (Å²) in [5.74, 6) is 0. The van der Waals surface area contributed by atoms with Crippen molar-refractivity contribution >= 4 is 21.0 Å². The van der Waals surface area contributed by atoms with Gasteiger partial charge in [-0.05, 0) is 11.8 Å². The fourth-order valence-corrected chi connectivity index (χ4v) is 0. The fourth-order valence-electron chi connectivity index (χ4n) is 0. The van der Waals surface area contributed by atoms with Crippen molar-refractivity contribution < 1.29 is 0 Å². The summed E-state index contributed by atoms with van der Waals surface area (Å²) >= 11 is 5.27. The molecule has 0 radical (unpaired) electrons. The van der Waals surface area contributed by atoms with E-state index in [4.69, 9.17) is 11.8 Å². The number of halogens is 1. The molecule has 1 atom stereocenters. The average molecular weight is 112 g/mol. The Balaban J connectivity index is 2.54. The van der Waals surface area contributed by atoms with Crippen LogP contribution in [-0.4, -0.2) is 17.8 Å². The van der Waals surface area contributed by atoms with Gasteiger partial charge in [-0.1, -0.05) is 0 Å². The van der Waals surface area contributed by atoms with Crippen LogP contribution in [0.5, 0.6) is 0 Å². The van der Waals surface area contributed by atoms with Crippen LogP contribution in [0.3, 0.4) is 0 Å². The largest absolute Gasteiger partial charge is 0.220 e. The van der Waals surface area contributed by atoms with E-state index in [0.29, 0.717) is 0 Å². The second-order valence-corrected chi connectivity index (χ2v) is 1.73. The molecule has 0 aromatic rings. The van der Waals surface area contributed by atoms with Crippen LogP contribution >= 0.6 is 21.0 Å². The van der Waals surface area contributed by atoms with Gasteiger partial charge in [-0.25, -0.2) is 4.42 Å². The maximum atomic E-state index is 5.27. The summed E-state index contributed by atoms with van der Waals surface area (Å²) in [6, 6.07) is 0. The number of hydrogen-bond donors (Lipinski definition) is 0. The molecular weight excluding hydrogens is 104 g/mol. The second-order valence-electron chi connectivity index (χ2n) is 0.787. The third kappa shape index (κ3) is 4.68. The molecule has 0 saturated carbocycles. The van der Waals surface area contributed by atoms with E-state index in [9.17, 15) is 0 Å². The first kappa shape index (κ1) is 5.68. The van der Waals surface area contributed by atoms with E-state index in [1.807, 2.05) is 0 Å². The molecule has 0 aliphatic carbocycles. The van der Waals surface area contributed by atoms with Crippen LogP contribution in [0.1, 0.15) is 0 Å². The van der Waals surface area contributed by atoms with Crippen LogP contribution in [0.4, 0.5) is 0 Å². The minimum absolute atomic E-state index is 0.821. The third-order valence-electron chi connectivity index (χ3n) is 0.252. The molecule has 0 amide bonds. The Morgan fingerprint density at radius 1 is 2.00 bits per heavy atom. The van der Waals surface area contributed by atoms with E-state index in [2.05, 4.69) is 9.24 Å². The van der Waals surface area contributed by atoms with Crippen LogP contribution in [0.15, 0.2) is 0 Å². The number of hydrogen-bond acceptors (Lipinski definition) is 1. The van der Waals surface area contributed by atoms with Crippen molar-refractivity contribution in [2.24, 2.45) is 0 Å². The molecule has 0 saturated heterocycles. The predicted molar refractivity (Wildman–Crippen MR) is 28.2 cm³/mol. The van der Waals surface area contributed by atoms with Crippen molar-refractivity contribution in [1.29, 1.82) is 0 Å². The van der Waals surface area contributed by atoms with E-state index in [1.54, 1.807) is 11.5 Å². The van der Waals surface area contributed by atoms with Gasteiger partial charge in [-0.15, -0.1) is 9.24 Å². The van der Waals surface area contributed by atoms with E-state index in [0.717, 1.165) is 6.29 Å². The van der Waals surface area contributed by atoms with Gasteiger partial charge >= 0.3 is 0 Å². The molecule has 0 aromatic heterocycles. The monoisotopic (exact) mass is 111 g/mol. The average Bonchev–Trinajstić information content (AvgIpc) is 1.38. The highest BCUT2D eigenvalue weighted by atomic mass is 35.5. The first-order chi connectivity index (χ1) is 2.27. The molecule has 0 aliphatic rings. The van der Waals surface area contributed by atoms with E-state index in [-0.39, 0.29) is 0 Å². The van der Waals surface area contributed by atoms with Crippen molar-refractivity contribution in [3.8, 4) is 0 Å². The van der Waals surface area contributed by atoms with Crippen LogP contribution < -0.4 is 0 Å². The van der Waals surface area contributed by atoms with Gasteiger partial charge in [0.15, 0.2) is 0 Å². The number of rotatable bonds is 1. The van der Waals surface area contributed by atoms with Gasteiger partial charge in [0.25, 0.3) is 0 Å². The van der Waals surface area contributed by atoms with Gasteiger partial charge in [0.2, 0.25) is 0 Å². The molecule has 0 aliphatic heterocycles. The highest BCUT2D eigenvalue weighted by Gasteiger charge is 1.76. The Labute approximate surface area is 39.6 Å². The summed E-state index contributed by atoms with van der Waals surface area (Å²) in [5, 5.41) is 0. The quantitative estimate of drug-likeness (QED) is 0.359. The summed E-state index contributed by atoms with van der Waals surface area (Å²) in [4.78, 5) is 0. The van der Waals surface area contributed by atoms with Crippen molar-refractivity contribution in [3.05, 3.63) is 0 Å². The smallest absolute Gasteiger partial charge is 0.0278 e. The molecule has 0 rings (SSSR count). The Hall–Kier alpha value is 0.680. The summed E-state index contributed by atoms with van der Waals surface area (Å²) in [6.07, 6.45) is 0.821. The lowest BCUT2D eigenvalue weighted by molar-refractivity contribution is 0.655. The van der Waals surface area contributed by atoms with Crippen LogP contribution in [0.2, 0.25) is 0 Å². The molecule has 0 heterocycles. The minimum Gasteiger partial charge on any atom is -0.220 e. The van der Waals surface area contributed by atoms with Crippen molar-refractivity contribution in [1.82, 2.24) is 4.42 Å². The van der Waals surface area contributed by atoms with Gasteiger partial charge in [0.1, 0.15) is 0 Å². The molecule has 1 unspecified atom stereocenters. The zero-order valence-electron chi connectivity index (χ0n) is 3.11.